The van der Waals surface area contributed by atoms with Gasteiger partial charge in [0.2, 0.25) is 0 Å². The Morgan fingerprint density at radius 1 is 1.24 bits per heavy atom. The van der Waals surface area contributed by atoms with Crippen LogP contribution in [0, 0.1) is 0 Å². The second-order valence-corrected chi connectivity index (χ2v) is 6.24. The number of ether oxygens (including phenoxy) is 1. The first kappa shape index (κ1) is 14.5. The largest absolute Gasteiger partial charge is 0.497 e. The van der Waals surface area contributed by atoms with Gasteiger partial charge < -0.3 is 10.1 Å². The molecule has 2 heterocycles. The van der Waals surface area contributed by atoms with Crippen LogP contribution in [0.5, 0.6) is 5.75 Å². The second-order valence-electron chi connectivity index (χ2n) is 4.15. The predicted octanol–water partition coefficient (Wildman–Crippen LogP) is 4.12. The summed E-state index contributed by atoms with van der Waals surface area (Å²) in [4.78, 5) is 13.6. The van der Waals surface area contributed by atoms with E-state index in [0.717, 1.165) is 21.3 Å². The van der Waals surface area contributed by atoms with Crippen molar-refractivity contribution < 1.29 is 4.74 Å². The quantitative estimate of drug-likeness (QED) is 0.732. The molecule has 5 nitrogen and oxygen atoms in total. The van der Waals surface area contributed by atoms with Crippen LogP contribution in [0.15, 0.2) is 28.9 Å². The van der Waals surface area contributed by atoms with Gasteiger partial charge in [0, 0.05) is 6.54 Å². The lowest BCUT2D eigenvalue weighted by Gasteiger charge is -2.04. The average Bonchev–Trinajstić information content (AvgIpc) is 2.88. The van der Waals surface area contributed by atoms with E-state index in [2.05, 4.69) is 36.2 Å². The van der Waals surface area contributed by atoms with Crippen LogP contribution in [0.1, 0.15) is 5.56 Å². The SMILES string of the molecule is COc1ccc(CNc2nc3nc(Cl)c(Br)nc3s2)cc1. The van der Waals surface area contributed by atoms with Gasteiger partial charge in [0.15, 0.2) is 20.8 Å². The zero-order valence-electron chi connectivity index (χ0n) is 10.9. The van der Waals surface area contributed by atoms with Crippen molar-refractivity contribution in [1.82, 2.24) is 15.0 Å². The van der Waals surface area contributed by atoms with Crippen LogP contribution in [0.2, 0.25) is 5.15 Å². The highest BCUT2D eigenvalue weighted by Crippen LogP contribution is 2.28. The number of fused-ring (bicyclic) bond motifs is 1. The molecular formula is C13H10BrClN4OS. The molecule has 0 saturated carbocycles. The van der Waals surface area contributed by atoms with Gasteiger partial charge in [-0.25, -0.2) is 9.97 Å². The van der Waals surface area contributed by atoms with E-state index in [1.807, 2.05) is 24.3 Å². The van der Waals surface area contributed by atoms with Crippen LogP contribution in [0.25, 0.3) is 10.5 Å². The summed E-state index contributed by atoms with van der Waals surface area (Å²) in [5.41, 5.74) is 1.68. The molecule has 2 aromatic heterocycles. The monoisotopic (exact) mass is 384 g/mol. The second kappa shape index (κ2) is 6.13. The lowest BCUT2D eigenvalue weighted by Crippen LogP contribution is -1.98. The minimum Gasteiger partial charge on any atom is -0.497 e. The molecule has 0 spiro atoms. The van der Waals surface area contributed by atoms with Gasteiger partial charge in [-0.1, -0.05) is 35.1 Å². The normalized spacial score (nSPS) is 10.8. The molecule has 1 N–H and O–H groups in total. The molecule has 0 radical (unpaired) electrons. The summed E-state index contributed by atoms with van der Waals surface area (Å²) in [7, 11) is 1.65. The number of nitrogens with one attached hydrogen (secondary N) is 1. The number of hydrogen-bond acceptors (Lipinski definition) is 6. The smallest absolute Gasteiger partial charge is 0.193 e. The summed E-state index contributed by atoms with van der Waals surface area (Å²) in [6.07, 6.45) is 0. The first-order valence-electron chi connectivity index (χ1n) is 6.02. The van der Waals surface area contributed by atoms with E-state index in [0.29, 0.717) is 21.9 Å². The Bertz CT molecular complexity index is 739. The number of halogens is 2. The Balaban J connectivity index is 1.75. The molecule has 21 heavy (non-hydrogen) atoms. The highest BCUT2D eigenvalue weighted by molar-refractivity contribution is 9.10. The van der Waals surface area contributed by atoms with E-state index in [1.165, 1.54) is 11.3 Å². The standard InChI is InChI=1S/C13H10BrClN4OS/c1-20-8-4-2-7(3-5-8)6-16-13-19-11-12(21-13)17-9(14)10(15)18-11/h2-5H,6H2,1H3,(H,16,18,19). The number of methoxy groups -OCH3 is 1. The first-order valence-corrected chi connectivity index (χ1v) is 8.01. The Labute approximate surface area is 138 Å². The van der Waals surface area contributed by atoms with E-state index >= 15 is 0 Å². The molecule has 108 valence electrons. The Morgan fingerprint density at radius 3 is 2.71 bits per heavy atom. The maximum absolute atomic E-state index is 5.91. The van der Waals surface area contributed by atoms with Crippen molar-refractivity contribution in [2.45, 2.75) is 6.54 Å². The molecule has 0 saturated heterocycles. The maximum atomic E-state index is 5.91. The van der Waals surface area contributed by atoms with Gasteiger partial charge >= 0.3 is 0 Å². The van der Waals surface area contributed by atoms with E-state index in [9.17, 15) is 0 Å². The van der Waals surface area contributed by atoms with Gasteiger partial charge in [-0.3, -0.25) is 0 Å². The molecule has 0 atom stereocenters. The third-order valence-corrected chi connectivity index (χ3v) is 4.71. The fourth-order valence-electron chi connectivity index (χ4n) is 1.72. The summed E-state index contributed by atoms with van der Waals surface area (Å²) >= 11 is 10.6. The van der Waals surface area contributed by atoms with Crippen LogP contribution < -0.4 is 10.1 Å². The molecule has 0 aliphatic heterocycles. The summed E-state index contributed by atoms with van der Waals surface area (Å²) in [6, 6.07) is 7.86. The molecule has 1 aromatic carbocycles. The Hall–Kier alpha value is -1.44. The molecule has 0 aliphatic rings. The number of rotatable bonds is 4. The van der Waals surface area contributed by atoms with Gasteiger partial charge in [0.25, 0.3) is 0 Å². The van der Waals surface area contributed by atoms with Gasteiger partial charge in [-0.2, -0.15) is 4.98 Å². The van der Waals surface area contributed by atoms with Crippen LogP contribution in [-0.2, 0) is 6.54 Å². The molecule has 3 rings (SSSR count). The maximum Gasteiger partial charge on any atom is 0.193 e. The van der Waals surface area contributed by atoms with Crippen molar-refractivity contribution in [2.75, 3.05) is 12.4 Å². The number of thiazole rings is 1. The number of anilines is 1. The van der Waals surface area contributed by atoms with Crippen molar-refractivity contribution in [3.8, 4) is 5.75 Å². The molecule has 8 heteroatoms. The summed E-state index contributed by atoms with van der Waals surface area (Å²) in [5.74, 6) is 0.839. The van der Waals surface area contributed by atoms with E-state index in [1.54, 1.807) is 7.11 Å². The van der Waals surface area contributed by atoms with E-state index in [-0.39, 0.29) is 0 Å². The topological polar surface area (TPSA) is 59.9 Å². The van der Waals surface area contributed by atoms with Gasteiger partial charge in [-0.15, -0.1) is 0 Å². The van der Waals surface area contributed by atoms with Crippen molar-refractivity contribution in [2.24, 2.45) is 0 Å². The van der Waals surface area contributed by atoms with E-state index in [4.69, 9.17) is 16.3 Å². The summed E-state index contributed by atoms with van der Waals surface area (Å²) in [5, 5.41) is 4.33. The highest BCUT2D eigenvalue weighted by atomic mass is 79.9. The van der Waals surface area contributed by atoms with Crippen LogP contribution in [0.3, 0.4) is 0 Å². The van der Waals surface area contributed by atoms with Gasteiger partial charge in [-0.05, 0) is 33.6 Å². The first-order chi connectivity index (χ1) is 10.2. The molecule has 3 aromatic rings. The summed E-state index contributed by atoms with van der Waals surface area (Å²) < 4.78 is 5.66. The summed E-state index contributed by atoms with van der Waals surface area (Å²) in [6.45, 7) is 0.665. The Morgan fingerprint density at radius 2 is 2.00 bits per heavy atom. The fraction of sp³-hybridized carbons (Fsp3) is 0.154. The van der Waals surface area contributed by atoms with Crippen molar-refractivity contribution in [1.29, 1.82) is 0 Å². The minimum absolute atomic E-state index is 0.314. The van der Waals surface area contributed by atoms with Crippen molar-refractivity contribution >= 4 is 54.5 Å². The van der Waals surface area contributed by atoms with Crippen LogP contribution in [-0.4, -0.2) is 22.1 Å². The number of hydrogen-bond donors (Lipinski definition) is 1. The van der Waals surface area contributed by atoms with Gasteiger partial charge in [0.1, 0.15) is 10.4 Å². The molecular weight excluding hydrogens is 376 g/mol. The molecule has 0 amide bonds. The Kier molecular flexibility index (Phi) is 4.23. The zero-order chi connectivity index (χ0) is 14.8. The van der Waals surface area contributed by atoms with Gasteiger partial charge in [0.05, 0.1) is 7.11 Å². The van der Waals surface area contributed by atoms with E-state index < -0.39 is 0 Å². The lowest BCUT2D eigenvalue weighted by atomic mass is 10.2. The number of aromatic nitrogens is 3. The fourth-order valence-corrected chi connectivity index (χ4v) is 3.01. The third-order valence-electron chi connectivity index (χ3n) is 2.77. The molecule has 0 fully saturated rings. The van der Waals surface area contributed by atoms with Crippen molar-refractivity contribution in [3.63, 3.8) is 0 Å². The zero-order valence-corrected chi connectivity index (χ0v) is 14.1. The molecule has 0 aliphatic carbocycles. The third kappa shape index (κ3) is 3.25. The predicted molar refractivity (Wildman–Crippen MR) is 88.2 cm³/mol. The van der Waals surface area contributed by atoms with Crippen LogP contribution >= 0.6 is 38.9 Å². The molecule has 0 unspecified atom stereocenters. The molecule has 0 bridgehead atoms. The lowest BCUT2D eigenvalue weighted by molar-refractivity contribution is 0.414. The average molecular weight is 386 g/mol. The highest BCUT2D eigenvalue weighted by Gasteiger charge is 2.10. The van der Waals surface area contributed by atoms with Crippen LogP contribution in [0.4, 0.5) is 5.13 Å². The minimum atomic E-state index is 0.314. The van der Waals surface area contributed by atoms with Crippen molar-refractivity contribution in [3.05, 3.63) is 39.6 Å². The number of benzene rings is 1. The number of nitrogens with zero attached hydrogens (tertiary/aromatic N) is 3.